The van der Waals surface area contributed by atoms with E-state index in [2.05, 4.69) is 5.32 Å². The number of hydrogen-bond acceptors (Lipinski definition) is 2. The zero-order valence-corrected chi connectivity index (χ0v) is 7.70. The molecule has 1 amide bonds. The van der Waals surface area contributed by atoms with E-state index < -0.39 is 0 Å². The van der Waals surface area contributed by atoms with E-state index >= 15 is 0 Å². The van der Waals surface area contributed by atoms with Gasteiger partial charge in [-0.3, -0.25) is 9.59 Å². The summed E-state index contributed by atoms with van der Waals surface area (Å²) in [5.74, 6) is -0.0896. The number of aromatic nitrogens is 1. The van der Waals surface area contributed by atoms with Gasteiger partial charge < -0.3 is 9.88 Å². The summed E-state index contributed by atoms with van der Waals surface area (Å²) >= 11 is 0. The van der Waals surface area contributed by atoms with Crippen molar-refractivity contribution in [2.24, 2.45) is 7.05 Å². The van der Waals surface area contributed by atoms with Crippen LogP contribution in [-0.4, -0.2) is 10.5 Å². The van der Waals surface area contributed by atoms with Crippen LogP contribution in [0.4, 0.5) is 5.69 Å². The van der Waals surface area contributed by atoms with Crippen molar-refractivity contribution in [2.75, 3.05) is 5.32 Å². The number of pyridine rings is 1. The summed E-state index contributed by atoms with van der Waals surface area (Å²) in [5.41, 5.74) is 0.420. The van der Waals surface area contributed by atoms with Gasteiger partial charge in [0.2, 0.25) is 5.91 Å². The Bertz CT molecular complexity index is 368. The molecule has 0 aliphatic heterocycles. The SMILES string of the molecule is CCC(=O)Nc1ccn(C)c(=O)c1. The molecule has 0 saturated heterocycles. The Labute approximate surface area is 76.2 Å². The Balaban J connectivity index is 2.86. The van der Waals surface area contributed by atoms with Gasteiger partial charge in [0, 0.05) is 31.4 Å². The Morgan fingerprint density at radius 2 is 2.31 bits per heavy atom. The minimum Gasteiger partial charge on any atom is -0.326 e. The van der Waals surface area contributed by atoms with E-state index in [9.17, 15) is 9.59 Å². The lowest BCUT2D eigenvalue weighted by atomic mass is 10.3. The van der Waals surface area contributed by atoms with Crippen LogP contribution in [0.15, 0.2) is 23.1 Å². The highest BCUT2D eigenvalue weighted by molar-refractivity contribution is 5.90. The van der Waals surface area contributed by atoms with Crippen molar-refractivity contribution < 1.29 is 4.79 Å². The van der Waals surface area contributed by atoms with E-state index in [1.807, 2.05) is 0 Å². The van der Waals surface area contributed by atoms with E-state index in [1.54, 1.807) is 26.2 Å². The van der Waals surface area contributed by atoms with Gasteiger partial charge >= 0.3 is 0 Å². The molecule has 0 saturated carbocycles. The van der Waals surface area contributed by atoms with Crippen molar-refractivity contribution >= 4 is 11.6 Å². The Morgan fingerprint density at radius 3 is 2.85 bits per heavy atom. The largest absolute Gasteiger partial charge is 0.326 e. The molecule has 0 aromatic carbocycles. The monoisotopic (exact) mass is 180 g/mol. The second-order valence-corrected chi connectivity index (χ2v) is 2.77. The summed E-state index contributed by atoms with van der Waals surface area (Å²) < 4.78 is 1.45. The van der Waals surface area contributed by atoms with Gasteiger partial charge in [-0.25, -0.2) is 0 Å². The molecule has 1 aromatic heterocycles. The molecule has 0 bridgehead atoms. The van der Waals surface area contributed by atoms with E-state index in [0.29, 0.717) is 12.1 Å². The topological polar surface area (TPSA) is 51.1 Å². The van der Waals surface area contributed by atoms with E-state index in [0.717, 1.165) is 0 Å². The number of aryl methyl sites for hydroxylation is 1. The summed E-state index contributed by atoms with van der Waals surface area (Å²) in [7, 11) is 1.66. The van der Waals surface area contributed by atoms with Crippen LogP contribution in [0.3, 0.4) is 0 Å². The van der Waals surface area contributed by atoms with Crippen LogP contribution in [-0.2, 0) is 11.8 Å². The molecule has 13 heavy (non-hydrogen) atoms. The van der Waals surface area contributed by atoms with Gasteiger partial charge in [0.25, 0.3) is 5.56 Å². The molecule has 4 heteroatoms. The molecule has 4 nitrogen and oxygen atoms in total. The molecule has 0 radical (unpaired) electrons. The van der Waals surface area contributed by atoms with Crippen LogP contribution >= 0.6 is 0 Å². The maximum atomic E-state index is 11.1. The van der Waals surface area contributed by atoms with Crippen LogP contribution in [0.25, 0.3) is 0 Å². The number of carbonyl (C=O) groups excluding carboxylic acids is 1. The predicted molar refractivity (Wildman–Crippen MR) is 50.6 cm³/mol. The number of nitrogens with zero attached hydrogens (tertiary/aromatic N) is 1. The first-order chi connectivity index (χ1) is 6.13. The number of carbonyl (C=O) groups is 1. The van der Waals surface area contributed by atoms with Crippen LogP contribution in [0, 0.1) is 0 Å². The second kappa shape index (κ2) is 3.89. The van der Waals surface area contributed by atoms with Gasteiger partial charge in [-0.15, -0.1) is 0 Å². The van der Waals surface area contributed by atoms with E-state index in [1.165, 1.54) is 10.6 Å². The molecule has 70 valence electrons. The lowest BCUT2D eigenvalue weighted by Gasteiger charge is -2.03. The highest BCUT2D eigenvalue weighted by atomic mass is 16.1. The summed E-state index contributed by atoms with van der Waals surface area (Å²) in [6, 6.07) is 3.09. The smallest absolute Gasteiger partial charge is 0.252 e. The molecule has 1 N–H and O–H groups in total. The number of amides is 1. The van der Waals surface area contributed by atoms with Crippen molar-refractivity contribution in [1.29, 1.82) is 0 Å². The molecule has 0 aliphatic rings. The number of nitrogens with one attached hydrogen (secondary N) is 1. The summed E-state index contributed by atoms with van der Waals surface area (Å²) in [6.07, 6.45) is 2.03. The van der Waals surface area contributed by atoms with Gasteiger partial charge in [0.1, 0.15) is 0 Å². The van der Waals surface area contributed by atoms with Gasteiger partial charge in [-0.2, -0.15) is 0 Å². The first-order valence-electron chi connectivity index (χ1n) is 4.10. The zero-order chi connectivity index (χ0) is 9.84. The molecule has 0 spiro atoms. The van der Waals surface area contributed by atoms with Crippen molar-refractivity contribution in [3.63, 3.8) is 0 Å². The highest BCUT2D eigenvalue weighted by Gasteiger charge is 1.99. The zero-order valence-electron chi connectivity index (χ0n) is 7.70. The van der Waals surface area contributed by atoms with Crippen molar-refractivity contribution in [3.8, 4) is 0 Å². The fourth-order valence-corrected chi connectivity index (χ4v) is 0.876. The fraction of sp³-hybridized carbons (Fsp3) is 0.333. The quantitative estimate of drug-likeness (QED) is 0.729. The molecule has 0 fully saturated rings. The Hall–Kier alpha value is -1.58. The van der Waals surface area contributed by atoms with Crippen LogP contribution < -0.4 is 10.9 Å². The molecule has 1 rings (SSSR count). The van der Waals surface area contributed by atoms with E-state index in [-0.39, 0.29) is 11.5 Å². The third-order valence-corrected chi connectivity index (χ3v) is 1.71. The van der Waals surface area contributed by atoms with Gasteiger partial charge in [0.15, 0.2) is 0 Å². The summed E-state index contributed by atoms with van der Waals surface area (Å²) in [6.45, 7) is 1.76. The first-order valence-corrected chi connectivity index (χ1v) is 4.10. The third kappa shape index (κ3) is 2.43. The standard InChI is InChI=1S/C9H12N2O2/c1-3-8(12)10-7-4-5-11(2)9(13)6-7/h4-6H,3H2,1-2H3,(H,10,12). The molecule has 1 aromatic rings. The van der Waals surface area contributed by atoms with Crippen LogP contribution in [0.2, 0.25) is 0 Å². The molecule has 1 heterocycles. The Morgan fingerprint density at radius 1 is 1.62 bits per heavy atom. The van der Waals surface area contributed by atoms with Crippen LogP contribution in [0.5, 0.6) is 0 Å². The normalized spacial score (nSPS) is 9.69. The predicted octanol–water partition coefficient (Wildman–Crippen LogP) is 0.734. The lowest BCUT2D eigenvalue weighted by molar-refractivity contribution is -0.115. The van der Waals surface area contributed by atoms with Crippen molar-refractivity contribution in [2.45, 2.75) is 13.3 Å². The van der Waals surface area contributed by atoms with Crippen LogP contribution in [0.1, 0.15) is 13.3 Å². The molecule has 0 aliphatic carbocycles. The van der Waals surface area contributed by atoms with Crippen molar-refractivity contribution in [3.05, 3.63) is 28.7 Å². The maximum absolute atomic E-state index is 11.1. The third-order valence-electron chi connectivity index (χ3n) is 1.71. The average Bonchev–Trinajstić information content (AvgIpc) is 2.11. The van der Waals surface area contributed by atoms with Gasteiger partial charge in [-0.05, 0) is 6.07 Å². The number of anilines is 1. The Kier molecular flexibility index (Phi) is 2.84. The second-order valence-electron chi connectivity index (χ2n) is 2.77. The van der Waals surface area contributed by atoms with Gasteiger partial charge in [0.05, 0.1) is 0 Å². The van der Waals surface area contributed by atoms with Gasteiger partial charge in [-0.1, -0.05) is 6.92 Å². The minimum atomic E-state index is -0.131. The summed E-state index contributed by atoms with van der Waals surface area (Å²) in [4.78, 5) is 22.1. The van der Waals surface area contributed by atoms with Crippen molar-refractivity contribution in [1.82, 2.24) is 4.57 Å². The number of hydrogen-bond donors (Lipinski definition) is 1. The maximum Gasteiger partial charge on any atom is 0.252 e. The highest BCUT2D eigenvalue weighted by Crippen LogP contribution is 2.01. The average molecular weight is 180 g/mol. The molecular formula is C9H12N2O2. The minimum absolute atomic E-state index is 0.0896. The molecule has 0 atom stereocenters. The summed E-state index contributed by atoms with van der Waals surface area (Å²) in [5, 5.41) is 2.61. The first kappa shape index (κ1) is 9.51. The molecular weight excluding hydrogens is 168 g/mol. The van der Waals surface area contributed by atoms with E-state index in [4.69, 9.17) is 0 Å². The molecule has 0 unspecified atom stereocenters. The number of rotatable bonds is 2. The lowest BCUT2D eigenvalue weighted by Crippen LogP contribution is -2.17. The fourth-order valence-electron chi connectivity index (χ4n) is 0.876.